The predicted octanol–water partition coefficient (Wildman–Crippen LogP) is 1.29. The molecule has 1 aromatic rings. The fourth-order valence-corrected chi connectivity index (χ4v) is 3.54. The lowest BCUT2D eigenvalue weighted by atomic mass is 10.1. The summed E-state index contributed by atoms with van der Waals surface area (Å²) in [7, 11) is 0. The van der Waals surface area contributed by atoms with Gasteiger partial charge in [0.2, 0.25) is 5.79 Å². The number of morpholine rings is 2. The van der Waals surface area contributed by atoms with E-state index in [1.165, 1.54) is 4.90 Å². The molecular formula is C19H24FN3O4. The van der Waals surface area contributed by atoms with Gasteiger partial charge >= 0.3 is 6.03 Å². The summed E-state index contributed by atoms with van der Waals surface area (Å²) in [4.78, 5) is 28.0. The number of rotatable bonds is 3. The molecule has 1 aliphatic carbocycles. The largest absolute Gasteiger partial charge is 0.345 e. The highest BCUT2D eigenvalue weighted by Gasteiger charge is 2.55. The van der Waals surface area contributed by atoms with Gasteiger partial charge in [0.05, 0.1) is 26.3 Å². The number of halogens is 1. The predicted molar refractivity (Wildman–Crippen MR) is 94.5 cm³/mol. The van der Waals surface area contributed by atoms with E-state index in [4.69, 9.17) is 9.47 Å². The third kappa shape index (κ3) is 3.91. The third-order valence-electron chi connectivity index (χ3n) is 5.25. The first-order chi connectivity index (χ1) is 13.0. The maximum atomic E-state index is 14.2. The molecule has 0 aromatic heterocycles. The standard InChI is InChI=1S/C19H24FN3O4/c20-18(6-7-18)16(24)22-8-10-26-19(13-22)14-23(9-11-27-19)17(25)21-12-15-4-2-1-3-5-15/h1-5H,6-14H2,(H,21,25). The van der Waals surface area contributed by atoms with E-state index in [1.54, 1.807) is 4.90 Å². The summed E-state index contributed by atoms with van der Waals surface area (Å²) in [6, 6.07) is 9.44. The van der Waals surface area contributed by atoms with Crippen molar-refractivity contribution in [3.8, 4) is 0 Å². The minimum Gasteiger partial charge on any atom is -0.345 e. The van der Waals surface area contributed by atoms with E-state index < -0.39 is 17.4 Å². The number of hydrogen-bond acceptors (Lipinski definition) is 4. The van der Waals surface area contributed by atoms with Gasteiger partial charge in [-0.1, -0.05) is 30.3 Å². The zero-order valence-electron chi connectivity index (χ0n) is 15.2. The molecule has 1 atom stereocenters. The molecule has 27 heavy (non-hydrogen) atoms. The molecule has 2 saturated heterocycles. The number of urea groups is 1. The summed E-state index contributed by atoms with van der Waals surface area (Å²) in [5.41, 5.74) is -0.697. The smallest absolute Gasteiger partial charge is 0.317 e. The molecule has 1 unspecified atom stereocenters. The Morgan fingerprint density at radius 2 is 1.67 bits per heavy atom. The molecule has 2 heterocycles. The highest BCUT2D eigenvalue weighted by Crippen LogP contribution is 2.42. The van der Waals surface area contributed by atoms with Crippen LogP contribution < -0.4 is 5.32 Å². The highest BCUT2D eigenvalue weighted by molar-refractivity contribution is 5.88. The average molecular weight is 377 g/mol. The van der Waals surface area contributed by atoms with E-state index in [0.717, 1.165) is 5.56 Å². The number of carbonyl (C=O) groups excluding carboxylic acids is 2. The van der Waals surface area contributed by atoms with Crippen molar-refractivity contribution in [3.63, 3.8) is 0 Å². The van der Waals surface area contributed by atoms with Crippen LogP contribution in [0.15, 0.2) is 30.3 Å². The van der Waals surface area contributed by atoms with Gasteiger partial charge in [0.15, 0.2) is 5.67 Å². The first-order valence-corrected chi connectivity index (χ1v) is 9.33. The molecule has 1 spiro atoms. The van der Waals surface area contributed by atoms with Crippen LogP contribution in [0, 0.1) is 0 Å². The summed E-state index contributed by atoms with van der Waals surface area (Å²) in [5, 5.41) is 2.89. The first kappa shape index (κ1) is 18.2. The first-order valence-electron chi connectivity index (χ1n) is 9.33. The molecule has 3 amide bonds. The Bertz CT molecular complexity index is 708. The number of benzene rings is 1. The molecule has 8 heteroatoms. The van der Waals surface area contributed by atoms with Gasteiger partial charge in [-0.15, -0.1) is 0 Å². The zero-order chi connectivity index (χ0) is 18.9. The maximum Gasteiger partial charge on any atom is 0.317 e. The van der Waals surface area contributed by atoms with Crippen molar-refractivity contribution in [1.82, 2.24) is 15.1 Å². The van der Waals surface area contributed by atoms with Gasteiger partial charge in [-0.05, 0) is 18.4 Å². The number of nitrogens with zero attached hydrogens (tertiary/aromatic N) is 2. The van der Waals surface area contributed by atoms with Gasteiger partial charge < -0.3 is 24.6 Å². The van der Waals surface area contributed by atoms with Gasteiger partial charge in [0.25, 0.3) is 5.91 Å². The van der Waals surface area contributed by atoms with E-state index in [1.807, 2.05) is 30.3 Å². The molecule has 146 valence electrons. The summed E-state index contributed by atoms with van der Waals surface area (Å²) in [5.74, 6) is -1.57. The monoisotopic (exact) mass is 377 g/mol. The number of nitrogens with one attached hydrogen (secondary N) is 1. The normalized spacial score (nSPS) is 26.7. The van der Waals surface area contributed by atoms with Crippen LogP contribution in [0.5, 0.6) is 0 Å². The van der Waals surface area contributed by atoms with Crippen molar-refractivity contribution in [2.24, 2.45) is 0 Å². The number of alkyl halides is 1. The fraction of sp³-hybridized carbons (Fsp3) is 0.579. The van der Waals surface area contributed by atoms with E-state index >= 15 is 0 Å². The van der Waals surface area contributed by atoms with Crippen molar-refractivity contribution >= 4 is 11.9 Å². The molecule has 7 nitrogen and oxygen atoms in total. The Balaban J connectivity index is 1.36. The second-order valence-electron chi connectivity index (χ2n) is 7.37. The lowest BCUT2D eigenvalue weighted by Gasteiger charge is -2.47. The van der Waals surface area contributed by atoms with Gasteiger partial charge in [-0.2, -0.15) is 0 Å². The quantitative estimate of drug-likeness (QED) is 0.862. The van der Waals surface area contributed by atoms with Gasteiger partial charge in [-0.25, -0.2) is 9.18 Å². The van der Waals surface area contributed by atoms with Crippen LogP contribution >= 0.6 is 0 Å². The molecule has 1 saturated carbocycles. The van der Waals surface area contributed by atoms with Gasteiger partial charge in [-0.3, -0.25) is 4.79 Å². The van der Waals surface area contributed by atoms with Crippen LogP contribution in [0.1, 0.15) is 18.4 Å². The third-order valence-corrected chi connectivity index (χ3v) is 5.25. The summed E-state index contributed by atoms with van der Waals surface area (Å²) in [6.07, 6.45) is 0.566. The van der Waals surface area contributed by atoms with Crippen LogP contribution in [0.3, 0.4) is 0 Å². The Labute approximate surface area is 157 Å². The summed E-state index contributed by atoms with van der Waals surface area (Å²) >= 11 is 0. The molecule has 1 N–H and O–H groups in total. The minimum atomic E-state index is -1.71. The molecular weight excluding hydrogens is 353 g/mol. The van der Waals surface area contributed by atoms with Crippen molar-refractivity contribution in [2.45, 2.75) is 30.8 Å². The fourth-order valence-electron chi connectivity index (χ4n) is 3.54. The Morgan fingerprint density at radius 3 is 2.33 bits per heavy atom. The number of amides is 3. The van der Waals surface area contributed by atoms with Crippen LogP contribution in [0.2, 0.25) is 0 Å². The molecule has 3 fully saturated rings. The van der Waals surface area contributed by atoms with Crippen molar-refractivity contribution in [2.75, 3.05) is 39.4 Å². The van der Waals surface area contributed by atoms with E-state index in [0.29, 0.717) is 26.2 Å². The number of hydrogen-bond donors (Lipinski definition) is 1. The number of ether oxygens (including phenoxy) is 2. The van der Waals surface area contributed by atoms with Crippen molar-refractivity contribution < 1.29 is 23.5 Å². The Hall–Kier alpha value is -2.19. The van der Waals surface area contributed by atoms with E-state index in [9.17, 15) is 14.0 Å². The van der Waals surface area contributed by atoms with Gasteiger partial charge in [0, 0.05) is 19.6 Å². The lowest BCUT2D eigenvalue weighted by molar-refractivity contribution is -0.285. The number of carbonyl (C=O) groups is 2. The van der Waals surface area contributed by atoms with Crippen LogP contribution in [0.4, 0.5) is 9.18 Å². The second kappa shape index (κ2) is 7.09. The van der Waals surface area contributed by atoms with E-state index in [-0.39, 0.29) is 38.6 Å². The molecule has 2 aliphatic heterocycles. The van der Waals surface area contributed by atoms with Crippen molar-refractivity contribution in [1.29, 1.82) is 0 Å². The summed E-state index contributed by atoms with van der Waals surface area (Å²) < 4.78 is 25.8. The van der Waals surface area contributed by atoms with Crippen LogP contribution in [-0.4, -0.2) is 72.6 Å². The Morgan fingerprint density at radius 1 is 1.04 bits per heavy atom. The molecule has 3 aliphatic rings. The van der Waals surface area contributed by atoms with Gasteiger partial charge in [0.1, 0.15) is 0 Å². The molecule has 4 rings (SSSR count). The van der Waals surface area contributed by atoms with E-state index in [2.05, 4.69) is 5.32 Å². The lowest BCUT2D eigenvalue weighted by Crippen LogP contribution is -2.65. The Kier molecular flexibility index (Phi) is 4.77. The summed E-state index contributed by atoms with van der Waals surface area (Å²) in [6.45, 7) is 2.13. The van der Waals surface area contributed by atoms with Crippen molar-refractivity contribution in [3.05, 3.63) is 35.9 Å². The maximum absolute atomic E-state index is 14.2. The topological polar surface area (TPSA) is 71.1 Å². The minimum absolute atomic E-state index is 0.139. The average Bonchev–Trinajstić information content (AvgIpc) is 3.45. The second-order valence-corrected chi connectivity index (χ2v) is 7.37. The zero-order valence-corrected chi connectivity index (χ0v) is 15.2. The molecule has 1 aromatic carbocycles. The molecule has 0 bridgehead atoms. The highest BCUT2D eigenvalue weighted by atomic mass is 19.1. The van der Waals surface area contributed by atoms with Crippen LogP contribution in [-0.2, 0) is 20.8 Å². The molecule has 0 radical (unpaired) electrons. The van der Waals surface area contributed by atoms with Crippen LogP contribution in [0.25, 0.3) is 0 Å². The SMILES string of the molecule is O=C(NCc1ccccc1)N1CCOC2(C1)CN(C(=O)C1(F)CC1)CCO2.